The van der Waals surface area contributed by atoms with Gasteiger partial charge in [-0.05, 0) is 36.6 Å². The highest BCUT2D eigenvalue weighted by molar-refractivity contribution is 6.32. The van der Waals surface area contributed by atoms with E-state index in [-0.39, 0.29) is 12.5 Å². The molecule has 27 heavy (non-hydrogen) atoms. The van der Waals surface area contributed by atoms with Gasteiger partial charge in [0.15, 0.2) is 11.5 Å². The van der Waals surface area contributed by atoms with Crippen molar-refractivity contribution in [3.8, 4) is 23.8 Å². The summed E-state index contributed by atoms with van der Waals surface area (Å²) in [6, 6.07) is 13.2. The van der Waals surface area contributed by atoms with Crippen molar-refractivity contribution in [3.05, 3.63) is 58.6 Å². The highest BCUT2D eigenvalue weighted by Crippen LogP contribution is 2.36. The molecule has 0 saturated heterocycles. The third-order valence-electron chi connectivity index (χ3n) is 3.52. The molecule has 2 rings (SSSR count). The Morgan fingerprint density at radius 2 is 2.07 bits per heavy atom. The van der Waals surface area contributed by atoms with E-state index in [1.807, 2.05) is 37.3 Å². The number of aryl methyl sites for hydroxylation is 1. The van der Waals surface area contributed by atoms with Crippen LogP contribution in [0.1, 0.15) is 24.5 Å². The van der Waals surface area contributed by atoms with Crippen molar-refractivity contribution in [1.29, 1.82) is 0 Å². The molecule has 2 aromatic rings. The normalized spacial score (nSPS) is 10.4. The van der Waals surface area contributed by atoms with E-state index < -0.39 is 0 Å². The molecule has 0 unspecified atom stereocenters. The molecule has 6 heteroatoms. The Hall–Kier alpha value is -2.97. The van der Waals surface area contributed by atoms with Crippen molar-refractivity contribution in [2.75, 3.05) is 13.2 Å². The number of carbonyl (C=O) groups excluding carboxylic acids is 1. The van der Waals surface area contributed by atoms with Gasteiger partial charge in [-0.1, -0.05) is 47.9 Å². The molecule has 0 radical (unpaired) electrons. The van der Waals surface area contributed by atoms with Gasteiger partial charge in [0.2, 0.25) is 5.91 Å². The second-order valence-corrected chi connectivity index (χ2v) is 5.94. The lowest BCUT2D eigenvalue weighted by Crippen LogP contribution is -2.17. The molecule has 5 nitrogen and oxygen atoms in total. The van der Waals surface area contributed by atoms with E-state index in [2.05, 4.69) is 16.4 Å². The Morgan fingerprint density at radius 3 is 2.78 bits per heavy atom. The number of halogens is 1. The third kappa shape index (κ3) is 6.69. The fourth-order valence-corrected chi connectivity index (χ4v) is 2.59. The molecule has 0 aliphatic rings. The SMILES string of the molecule is C#CCOc1c(Cl)cc(/C=N/NC(=O)CCc2ccccc2)cc1OCC. The number of hydrogen-bond acceptors (Lipinski definition) is 4. The quantitative estimate of drug-likeness (QED) is 0.406. The van der Waals surface area contributed by atoms with E-state index in [0.717, 1.165) is 5.56 Å². The van der Waals surface area contributed by atoms with Gasteiger partial charge in [0.1, 0.15) is 6.61 Å². The molecular formula is C21H21ClN2O3. The first-order valence-electron chi connectivity index (χ1n) is 8.52. The van der Waals surface area contributed by atoms with Crippen molar-refractivity contribution in [2.24, 2.45) is 5.10 Å². The lowest BCUT2D eigenvalue weighted by Gasteiger charge is -2.12. The van der Waals surface area contributed by atoms with Crippen LogP contribution in [0.4, 0.5) is 0 Å². The van der Waals surface area contributed by atoms with Crippen LogP contribution in [0.3, 0.4) is 0 Å². The van der Waals surface area contributed by atoms with E-state index >= 15 is 0 Å². The first-order valence-corrected chi connectivity index (χ1v) is 8.90. The van der Waals surface area contributed by atoms with Gasteiger partial charge in [0, 0.05) is 6.42 Å². The molecule has 0 atom stereocenters. The number of carbonyl (C=O) groups is 1. The van der Waals surface area contributed by atoms with E-state index in [4.69, 9.17) is 27.5 Å². The van der Waals surface area contributed by atoms with Gasteiger partial charge < -0.3 is 9.47 Å². The van der Waals surface area contributed by atoms with Crippen LogP contribution in [0.2, 0.25) is 5.02 Å². The van der Waals surface area contributed by atoms with Crippen LogP contribution in [0.25, 0.3) is 0 Å². The summed E-state index contributed by atoms with van der Waals surface area (Å²) in [5.74, 6) is 3.08. The van der Waals surface area contributed by atoms with Crippen molar-refractivity contribution >= 4 is 23.7 Å². The highest BCUT2D eigenvalue weighted by atomic mass is 35.5. The van der Waals surface area contributed by atoms with Crippen molar-refractivity contribution in [2.45, 2.75) is 19.8 Å². The zero-order chi connectivity index (χ0) is 19.5. The molecular weight excluding hydrogens is 364 g/mol. The second kappa shape index (κ2) is 10.9. The lowest BCUT2D eigenvalue weighted by molar-refractivity contribution is -0.121. The van der Waals surface area contributed by atoms with Crippen LogP contribution >= 0.6 is 11.6 Å². The van der Waals surface area contributed by atoms with Crippen molar-refractivity contribution in [3.63, 3.8) is 0 Å². The third-order valence-corrected chi connectivity index (χ3v) is 3.80. The van der Waals surface area contributed by atoms with Gasteiger partial charge in [-0.3, -0.25) is 4.79 Å². The average molecular weight is 385 g/mol. The number of nitrogens with zero attached hydrogens (tertiary/aromatic N) is 1. The lowest BCUT2D eigenvalue weighted by atomic mass is 10.1. The predicted octanol–water partition coefficient (Wildman–Crippen LogP) is 3.83. The van der Waals surface area contributed by atoms with Crippen LogP contribution in [0.5, 0.6) is 11.5 Å². The van der Waals surface area contributed by atoms with Crippen LogP contribution in [-0.2, 0) is 11.2 Å². The number of amides is 1. The topological polar surface area (TPSA) is 59.9 Å². The summed E-state index contributed by atoms with van der Waals surface area (Å²) >= 11 is 6.24. The van der Waals surface area contributed by atoms with Gasteiger partial charge in [0.05, 0.1) is 17.8 Å². The number of ether oxygens (including phenoxy) is 2. The van der Waals surface area contributed by atoms with Crippen molar-refractivity contribution < 1.29 is 14.3 Å². The number of benzene rings is 2. The molecule has 0 aromatic heterocycles. The number of hydrazone groups is 1. The zero-order valence-corrected chi connectivity index (χ0v) is 15.8. The first-order chi connectivity index (χ1) is 13.1. The maximum atomic E-state index is 11.9. The Bertz CT molecular complexity index is 829. The molecule has 2 aromatic carbocycles. The number of hydrogen-bond donors (Lipinski definition) is 1. The van der Waals surface area contributed by atoms with Crippen LogP contribution in [-0.4, -0.2) is 25.3 Å². The largest absolute Gasteiger partial charge is 0.490 e. The summed E-state index contributed by atoms with van der Waals surface area (Å²) in [7, 11) is 0. The summed E-state index contributed by atoms with van der Waals surface area (Å²) < 4.78 is 11.0. The smallest absolute Gasteiger partial charge is 0.240 e. The summed E-state index contributed by atoms with van der Waals surface area (Å²) in [5, 5.41) is 4.33. The van der Waals surface area contributed by atoms with Crippen LogP contribution in [0, 0.1) is 12.3 Å². The molecule has 0 bridgehead atoms. The Balaban J connectivity index is 1.97. The fourth-order valence-electron chi connectivity index (χ4n) is 2.32. The maximum Gasteiger partial charge on any atom is 0.240 e. The zero-order valence-electron chi connectivity index (χ0n) is 15.1. The summed E-state index contributed by atoms with van der Waals surface area (Å²) in [4.78, 5) is 11.9. The van der Waals surface area contributed by atoms with Crippen LogP contribution in [0.15, 0.2) is 47.6 Å². The van der Waals surface area contributed by atoms with Gasteiger partial charge in [-0.25, -0.2) is 5.43 Å². The van der Waals surface area contributed by atoms with Crippen molar-refractivity contribution in [1.82, 2.24) is 5.43 Å². The summed E-state index contributed by atoms with van der Waals surface area (Å²) in [5.41, 5.74) is 4.28. The Kier molecular flexibility index (Phi) is 8.21. The second-order valence-electron chi connectivity index (χ2n) is 5.53. The van der Waals surface area contributed by atoms with Gasteiger partial charge >= 0.3 is 0 Å². The molecule has 0 spiro atoms. The number of rotatable bonds is 9. The maximum absolute atomic E-state index is 11.9. The molecule has 0 saturated carbocycles. The number of nitrogens with one attached hydrogen (secondary N) is 1. The Morgan fingerprint density at radius 1 is 1.30 bits per heavy atom. The Labute approximate surface area is 164 Å². The molecule has 1 N–H and O–H groups in total. The number of terminal acetylenes is 1. The molecule has 140 valence electrons. The van der Waals surface area contributed by atoms with Gasteiger partial charge in [0.25, 0.3) is 0 Å². The summed E-state index contributed by atoms with van der Waals surface area (Å²) in [6.45, 7) is 2.39. The summed E-state index contributed by atoms with van der Waals surface area (Å²) in [6.07, 6.45) is 7.72. The van der Waals surface area contributed by atoms with E-state index in [1.165, 1.54) is 6.21 Å². The first kappa shape index (κ1) is 20.3. The van der Waals surface area contributed by atoms with E-state index in [0.29, 0.717) is 41.5 Å². The molecule has 0 heterocycles. The molecule has 1 amide bonds. The average Bonchev–Trinajstić information content (AvgIpc) is 2.67. The van der Waals surface area contributed by atoms with E-state index in [9.17, 15) is 4.79 Å². The predicted molar refractivity (Wildman–Crippen MR) is 107 cm³/mol. The minimum Gasteiger partial charge on any atom is -0.490 e. The van der Waals surface area contributed by atoms with E-state index in [1.54, 1.807) is 12.1 Å². The van der Waals surface area contributed by atoms with Gasteiger partial charge in [-0.2, -0.15) is 5.10 Å². The molecule has 0 fully saturated rings. The monoisotopic (exact) mass is 384 g/mol. The molecule has 0 aliphatic heterocycles. The standard InChI is InChI=1S/C21H21ClN2O3/c1-3-12-27-21-18(22)13-17(14-19(21)26-4-2)15-23-24-20(25)11-10-16-8-6-5-7-9-16/h1,5-9,13-15H,4,10-12H2,2H3,(H,24,25)/b23-15+. The van der Waals surface area contributed by atoms with Gasteiger partial charge in [-0.15, -0.1) is 6.42 Å². The minimum atomic E-state index is -0.166. The van der Waals surface area contributed by atoms with Crippen LogP contribution < -0.4 is 14.9 Å². The minimum absolute atomic E-state index is 0.0880. The highest BCUT2D eigenvalue weighted by Gasteiger charge is 2.12. The fraction of sp³-hybridized carbons (Fsp3) is 0.238. The molecule has 0 aliphatic carbocycles.